The first-order valence-electron chi connectivity index (χ1n) is 8.83. The molecule has 1 aromatic carbocycles. The number of ketones is 1. The van der Waals surface area contributed by atoms with Crippen molar-refractivity contribution < 1.29 is 19.1 Å². The molecule has 3 rings (SSSR count). The lowest BCUT2D eigenvalue weighted by Gasteiger charge is -2.26. The Morgan fingerprint density at radius 1 is 1.22 bits per heavy atom. The number of carbonyl (C=O) groups is 2. The number of halogens is 1. The molecule has 1 N–H and O–H groups in total. The molecule has 1 atom stereocenters. The highest BCUT2D eigenvalue weighted by Gasteiger charge is 2.44. The van der Waals surface area contributed by atoms with Gasteiger partial charge >= 0.3 is 0 Å². The molecule has 140 valence electrons. The number of carbonyl (C=O) groups excluding carboxylic acids is 2. The SMILES string of the molecule is CC(C)C(=O)C1=C(O)C(=O)N(CCc2ccc(F)cc2)C1c1ccccn1. The number of aliphatic hydroxyl groups is 1. The van der Waals surface area contributed by atoms with Crippen LogP contribution in [0.5, 0.6) is 0 Å². The first kappa shape index (κ1) is 18.8. The van der Waals surface area contributed by atoms with Gasteiger partial charge in [0.2, 0.25) is 0 Å². The summed E-state index contributed by atoms with van der Waals surface area (Å²) < 4.78 is 13.1. The lowest BCUT2D eigenvalue weighted by Crippen LogP contribution is -2.33. The van der Waals surface area contributed by atoms with Crippen LogP contribution in [0.2, 0.25) is 0 Å². The maximum atomic E-state index is 13.1. The average molecular weight is 368 g/mol. The molecule has 1 aliphatic heterocycles. The summed E-state index contributed by atoms with van der Waals surface area (Å²) in [5.41, 5.74) is 1.47. The van der Waals surface area contributed by atoms with E-state index in [1.54, 1.807) is 50.4 Å². The molecule has 1 aliphatic rings. The standard InChI is InChI=1S/C21H21FN2O3/c1-13(2)19(25)17-18(16-5-3-4-11-23-16)24(21(27)20(17)26)12-10-14-6-8-15(22)9-7-14/h3-9,11,13,18,26H,10,12H2,1-2H3. The molecule has 6 heteroatoms. The number of hydrogen-bond donors (Lipinski definition) is 1. The van der Waals surface area contributed by atoms with Crippen molar-refractivity contribution >= 4 is 11.7 Å². The minimum atomic E-state index is -0.728. The Hall–Kier alpha value is -3.02. The van der Waals surface area contributed by atoms with Gasteiger partial charge in [0.25, 0.3) is 5.91 Å². The van der Waals surface area contributed by atoms with E-state index in [4.69, 9.17) is 0 Å². The average Bonchev–Trinajstić information content (AvgIpc) is 2.92. The highest BCUT2D eigenvalue weighted by atomic mass is 19.1. The third-order valence-electron chi connectivity index (χ3n) is 4.62. The van der Waals surface area contributed by atoms with E-state index in [1.165, 1.54) is 17.0 Å². The topological polar surface area (TPSA) is 70.5 Å². The molecule has 1 amide bonds. The quantitative estimate of drug-likeness (QED) is 0.849. The number of benzene rings is 1. The largest absolute Gasteiger partial charge is 0.503 e. The summed E-state index contributed by atoms with van der Waals surface area (Å²) in [4.78, 5) is 31.1. The van der Waals surface area contributed by atoms with E-state index in [0.29, 0.717) is 12.1 Å². The molecule has 1 unspecified atom stereocenters. The van der Waals surface area contributed by atoms with Crippen molar-refractivity contribution in [3.63, 3.8) is 0 Å². The van der Waals surface area contributed by atoms with Gasteiger partial charge in [-0.05, 0) is 36.2 Å². The predicted molar refractivity (Wildman–Crippen MR) is 98.3 cm³/mol. The van der Waals surface area contributed by atoms with Crippen LogP contribution in [0.25, 0.3) is 0 Å². The zero-order valence-electron chi connectivity index (χ0n) is 15.2. The Kier molecular flexibility index (Phi) is 5.35. The van der Waals surface area contributed by atoms with Gasteiger partial charge in [-0.3, -0.25) is 14.6 Å². The molecule has 0 spiro atoms. The van der Waals surface area contributed by atoms with Crippen molar-refractivity contribution in [2.75, 3.05) is 6.54 Å². The summed E-state index contributed by atoms with van der Waals surface area (Å²) in [6, 6.07) is 10.6. The molecule has 0 bridgehead atoms. The number of rotatable bonds is 6. The second-order valence-electron chi connectivity index (χ2n) is 6.81. The molecule has 1 aromatic heterocycles. The Bertz CT molecular complexity index is 876. The van der Waals surface area contributed by atoms with E-state index >= 15 is 0 Å². The molecular weight excluding hydrogens is 347 g/mol. The molecule has 2 heterocycles. The molecule has 27 heavy (non-hydrogen) atoms. The van der Waals surface area contributed by atoms with E-state index in [2.05, 4.69) is 4.98 Å². The lowest BCUT2D eigenvalue weighted by atomic mass is 9.93. The highest BCUT2D eigenvalue weighted by Crippen LogP contribution is 2.37. The first-order chi connectivity index (χ1) is 12.9. The van der Waals surface area contributed by atoms with Crippen molar-refractivity contribution in [2.24, 2.45) is 5.92 Å². The number of aromatic nitrogens is 1. The van der Waals surface area contributed by atoms with E-state index in [0.717, 1.165) is 5.56 Å². The molecular formula is C21H21FN2O3. The third kappa shape index (κ3) is 3.74. The van der Waals surface area contributed by atoms with Crippen molar-refractivity contribution in [1.29, 1.82) is 0 Å². The number of aliphatic hydroxyl groups excluding tert-OH is 1. The van der Waals surface area contributed by atoms with Crippen molar-refractivity contribution in [1.82, 2.24) is 9.88 Å². The summed E-state index contributed by atoms with van der Waals surface area (Å²) in [5, 5.41) is 10.4. The fourth-order valence-corrected chi connectivity index (χ4v) is 3.19. The molecule has 5 nitrogen and oxygen atoms in total. The van der Waals surface area contributed by atoms with E-state index in [1.807, 2.05) is 0 Å². The smallest absolute Gasteiger partial charge is 0.290 e. The van der Waals surface area contributed by atoms with Gasteiger partial charge in [-0.25, -0.2) is 4.39 Å². The summed E-state index contributed by atoms with van der Waals surface area (Å²) in [6.45, 7) is 3.72. The minimum Gasteiger partial charge on any atom is -0.503 e. The molecule has 0 radical (unpaired) electrons. The molecule has 0 saturated heterocycles. The van der Waals surface area contributed by atoms with Gasteiger partial charge in [0.1, 0.15) is 11.9 Å². The predicted octanol–water partition coefficient (Wildman–Crippen LogP) is 3.38. The van der Waals surface area contributed by atoms with Gasteiger partial charge in [-0.1, -0.05) is 32.0 Å². The molecule has 2 aromatic rings. The molecule has 0 aliphatic carbocycles. The second-order valence-corrected chi connectivity index (χ2v) is 6.81. The maximum absolute atomic E-state index is 13.1. The Labute approximate surface area is 157 Å². The number of pyridine rings is 1. The maximum Gasteiger partial charge on any atom is 0.290 e. The zero-order chi connectivity index (χ0) is 19.6. The van der Waals surface area contributed by atoms with E-state index < -0.39 is 17.7 Å². The second kappa shape index (κ2) is 7.70. The van der Waals surface area contributed by atoms with Crippen LogP contribution in [-0.2, 0) is 16.0 Å². The van der Waals surface area contributed by atoms with Gasteiger partial charge in [0.05, 0.1) is 11.3 Å². The Morgan fingerprint density at radius 2 is 1.93 bits per heavy atom. The highest BCUT2D eigenvalue weighted by molar-refractivity contribution is 6.09. The van der Waals surface area contributed by atoms with Crippen LogP contribution in [0, 0.1) is 11.7 Å². The third-order valence-corrected chi connectivity index (χ3v) is 4.62. The first-order valence-corrected chi connectivity index (χ1v) is 8.83. The number of amides is 1. The number of Topliss-reactive ketones (excluding diaryl/α,β-unsaturated/α-hetero) is 1. The minimum absolute atomic E-state index is 0.0906. The van der Waals surface area contributed by atoms with Gasteiger partial charge in [0.15, 0.2) is 11.5 Å². The normalized spacial score (nSPS) is 17.1. The van der Waals surface area contributed by atoms with Crippen LogP contribution in [0.3, 0.4) is 0 Å². The summed E-state index contributed by atoms with van der Waals surface area (Å²) in [7, 11) is 0. The van der Waals surface area contributed by atoms with Crippen LogP contribution in [0.1, 0.15) is 31.1 Å². The van der Waals surface area contributed by atoms with E-state index in [9.17, 15) is 19.1 Å². The number of hydrogen-bond acceptors (Lipinski definition) is 4. The van der Waals surface area contributed by atoms with Crippen LogP contribution in [0.4, 0.5) is 4.39 Å². The molecule has 0 saturated carbocycles. The van der Waals surface area contributed by atoms with Gasteiger partial charge < -0.3 is 10.0 Å². The van der Waals surface area contributed by atoms with Crippen LogP contribution in [0.15, 0.2) is 60.0 Å². The fourth-order valence-electron chi connectivity index (χ4n) is 3.19. The van der Waals surface area contributed by atoms with Gasteiger partial charge in [0, 0.05) is 18.7 Å². The van der Waals surface area contributed by atoms with Gasteiger partial charge in [-0.15, -0.1) is 0 Å². The Balaban J connectivity index is 1.93. The van der Waals surface area contributed by atoms with Crippen LogP contribution >= 0.6 is 0 Å². The van der Waals surface area contributed by atoms with Crippen molar-refractivity contribution in [3.8, 4) is 0 Å². The Morgan fingerprint density at radius 3 is 2.52 bits per heavy atom. The fraction of sp³-hybridized carbons (Fsp3) is 0.286. The molecule has 0 fully saturated rings. The van der Waals surface area contributed by atoms with Crippen LogP contribution < -0.4 is 0 Å². The van der Waals surface area contributed by atoms with Crippen molar-refractivity contribution in [3.05, 3.63) is 77.1 Å². The van der Waals surface area contributed by atoms with Crippen molar-refractivity contribution in [2.45, 2.75) is 26.3 Å². The van der Waals surface area contributed by atoms with E-state index in [-0.39, 0.29) is 29.6 Å². The van der Waals surface area contributed by atoms with Gasteiger partial charge in [-0.2, -0.15) is 0 Å². The monoisotopic (exact) mass is 368 g/mol. The zero-order valence-corrected chi connectivity index (χ0v) is 15.2. The summed E-state index contributed by atoms with van der Waals surface area (Å²) >= 11 is 0. The van der Waals surface area contributed by atoms with Crippen LogP contribution in [-0.4, -0.2) is 33.2 Å². The summed E-state index contributed by atoms with van der Waals surface area (Å²) in [5.74, 6) is -2.06. The number of nitrogens with zero attached hydrogens (tertiary/aromatic N) is 2. The lowest BCUT2D eigenvalue weighted by molar-refractivity contribution is -0.129. The summed E-state index contributed by atoms with van der Waals surface area (Å²) in [6.07, 6.45) is 2.05.